The number of nitrogen functional groups attached to an aromatic ring is 1. The molecule has 9 nitrogen and oxygen atoms in total. The minimum absolute atomic E-state index is 0.151. The van der Waals surface area contributed by atoms with Crippen molar-refractivity contribution in [1.82, 2.24) is 15.8 Å². The summed E-state index contributed by atoms with van der Waals surface area (Å²) in [6.45, 7) is 3.20. The van der Waals surface area contributed by atoms with E-state index in [0.717, 1.165) is 12.8 Å². The van der Waals surface area contributed by atoms with Gasteiger partial charge in [-0.1, -0.05) is 19.1 Å². The van der Waals surface area contributed by atoms with Crippen LogP contribution >= 0.6 is 0 Å². The number of amides is 4. The van der Waals surface area contributed by atoms with Crippen LogP contribution in [0.3, 0.4) is 0 Å². The van der Waals surface area contributed by atoms with Crippen LogP contribution < -0.4 is 16.5 Å². The summed E-state index contributed by atoms with van der Waals surface area (Å²) in [7, 11) is 0. The second-order valence-electron chi connectivity index (χ2n) is 7.48. The number of imide groups is 1. The molecular formula is C19H24N4O5. The highest BCUT2D eigenvalue weighted by molar-refractivity contribution is 6.08. The molecule has 4 amide bonds. The van der Waals surface area contributed by atoms with Crippen molar-refractivity contribution >= 4 is 29.5 Å². The molecule has 0 aromatic heterocycles. The van der Waals surface area contributed by atoms with Gasteiger partial charge < -0.3 is 15.8 Å². The van der Waals surface area contributed by atoms with E-state index >= 15 is 0 Å². The average Bonchev–Trinajstić information content (AvgIpc) is 2.89. The Bertz CT molecular complexity index is 830. The number of anilines is 1. The molecule has 2 fully saturated rings. The van der Waals surface area contributed by atoms with Crippen LogP contribution in [0.2, 0.25) is 0 Å². The fourth-order valence-corrected chi connectivity index (χ4v) is 3.54. The maximum Gasteiger partial charge on any atom is 0.344 e. The number of benzene rings is 1. The van der Waals surface area contributed by atoms with E-state index in [0.29, 0.717) is 29.3 Å². The number of rotatable bonds is 4. The van der Waals surface area contributed by atoms with Crippen molar-refractivity contribution in [3.8, 4) is 0 Å². The molecule has 1 saturated heterocycles. The fourth-order valence-electron chi connectivity index (χ4n) is 3.54. The number of esters is 1. The highest BCUT2D eigenvalue weighted by Gasteiger charge is 2.52. The molecule has 1 aromatic rings. The number of nitrogens with one attached hydrogen (secondary N) is 2. The second kappa shape index (κ2) is 7.49. The second-order valence-corrected chi connectivity index (χ2v) is 7.48. The summed E-state index contributed by atoms with van der Waals surface area (Å²) in [4.78, 5) is 49.1. The summed E-state index contributed by atoms with van der Waals surface area (Å²) in [6.07, 6.45) is 2.71. The van der Waals surface area contributed by atoms with Gasteiger partial charge in [0.15, 0.2) is 6.61 Å². The number of carbonyl (C=O) groups is 4. The Labute approximate surface area is 162 Å². The minimum Gasteiger partial charge on any atom is -0.452 e. The Morgan fingerprint density at radius 3 is 2.68 bits per heavy atom. The van der Waals surface area contributed by atoms with Gasteiger partial charge in [0.1, 0.15) is 5.54 Å². The number of nitrogens with zero attached hydrogens (tertiary/aromatic N) is 1. The lowest BCUT2D eigenvalue weighted by atomic mass is 9.77. The zero-order valence-corrected chi connectivity index (χ0v) is 15.9. The molecule has 1 heterocycles. The van der Waals surface area contributed by atoms with E-state index in [1.807, 2.05) is 0 Å². The van der Waals surface area contributed by atoms with Crippen molar-refractivity contribution in [1.29, 1.82) is 0 Å². The standard InChI is InChI=1S/C19H24N4O5/c1-11-6-8-19(9-7-11)17(26)23(18(27)21-19)22-14(24)10-28-16(25)13-5-3-4-12(2)15(13)20/h3-5,11H,6-10,20H2,1-2H3,(H,21,27)(H,22,24). The summed E-state index contributed by atoms with van der Waals surface area (Å²) in [5.74, 6) is -1.53. The van der Waals surface area contributed by atoms with Crippen LogP contribution in [0.15, 0.2) is 18.2 Å². The topological polar surface area (TPSA) is 131 Å². The molecule has 1 aromatic carbocycles. The van der Waals surface area contributed by atoms with E-state index in [2.05, 4.69) is 17.7 Å². The molecule has 1 spiro atoms. The average molecular weight is 388 g/mol. The van der Waals surface area contributed by atoms with Crippen LogP contribution in [0.25, 0.3) is 0 Å². The number of ether oxygens (including phenoxy) is 1. The molecule has 0 unspecified atom stereocenters. The van der Waals surface area contributed by atoms with Crippen molar-refractivity contribution in [2.24, 2.45) is 5.92 Å². The summed E-state index contributed by atoms with van der Waals surface area (Å²) in [6, 6.07) is 4.22. The van der Waals surface area contributed by atoms with Gasteiger partial charge in [0.25, 0.3) is 11.8 Å². The normalized spacial score (nSPS) is 24.2. The molecule has 0 radical (unpaired) electrons. The van der Waals surface area contributed by atoms with Crippen LogP contribution in [0.5, 0.6) is 0 Å². The Balaban J connectivity index is 1.57. The van der Waals surface area contributed by atoms with Crippen LogP contribution in [0, 0.1) is 12.8 Å². The molecule has 2 aliphatic rings. The lowest BCUT2D eigenvalue weighted by Gasteiger charge is -2.33. The van der Waals surface area contributed by atoms with E-state index < -0.39 is 36.0 Å². The van der Waals surface area contributed by atoms with Crippen molar-refractivity contribution in [2.45, 2.75) is 45.1 Å². The first-order valence-electron chi connectivity index (χ1n) is 9.22. The van der Waals surface area contributed by atoms with Gasteiger partial charge in [0.05, 0.1) is 5.56 Å². The summed E-state index contributed by atoms with van der Waals surface area (Å²) < 4.78 is 4.96. The lowest BCUT2D eigenvalue weighted by molar-refractivity contribution is -0.141. The van der Waals surface area contributed by atoms with Crippen molar-refractivity contribution in [3.05, 3.63) is 29.3 Å². The molecule has 4 N–H and O–H groups in total. The number of carbonyl (C=O) groups excluding carboxylic acids is 4. The molecule has 1 aliphatic carbocycles. The predicted octanol–water partition coefficient (Wildman–Crippen LogP) is 1.27. The van der Waals surface area contributed by atoms with Gasteiger partial charge in [-0.15, -0.1) is 0 Å². The number of urea groups is 1. The van der Waals surface area contributed by atoms with E-state index in [1.165, 1.54) is 6.07 Å². The highest BCUT2D eigenvalue weighted by atomic mass is 16.5. The molecule has 1 aliphatic heterocycles. The van der Waals surface area contributed by atoms with Gasteiger partial charge in [0, 0.05) is 5.69 Å². The number of hydrazine groups is 1. The van der Waals surface area contributed by atoms with Crippen molar-refractivity contribution < 1.29 is 23.9 Å². The molecule has 150 valence electrons. The van der Waals surface area contributed by atoms with Gasteiger partial charge in [-0.25, -0.2) is 9.59 Å². The Morgan fingerprint density at radius 2 is 2.00 bits per heavy atom. The predicted molar refractivity (Wildman–Crippen MR) is 99.8 cm³/mol. The highest BCUT2D eigenvalue weighted by Crippen LogP contribution is 2.35. The van der Waals surface area contributed by atoms with Crippen LogP contribution in [0.1, 0.15) is 48.5 Å². The molecule has 1 saturated carbocycles. The monoisotopic (exact) mass is 388 g/mol. The number of aryl methyl sites for hydroxylation is 1. The van der Waals surface area contributed by atoms with Crippen LogP contribution in [-0.2, 0) is 14.3 Å². The van der Waals surface area contributed by atoms with Gasteiger partial charge in [-0.05, 0) is 50.2 Å². The molecule has 0 bridgehead atoms. The number of nitrogens with two attached hydrogens (primary N) is 1. The Hall–Kier alpha value is -3.10. The zero-order chi connectivity index (χ0) is 20.5. The van der Waals surface area contributed by atoms with E-state index in [4.69, 9.17) is 10.5 Å². The van der Waals surface area contributed by atoms with Gasteiger partial charge >= 0.3 is 12.0 Å². The fraction of sp³-hybridized carbons (Fsp3) is 0.474. The maximum absolute atomic E-state index is 12.7. The van der Waals surface area contributed by atoms with E-state index in [-0.39, 0.29) is 11.3 Å². The SMILES string of the molecule is Cc1cccc(C(=O)OCC(=O)NN2C(=O)NC3(CCC(C)CC3)C2=O)c1N. The first-order valence-corrected chi connectivity index (χ1v) is 9.22. The summed E-state index contributed by atoms with van der Waals surface area (Å²) in [5, 5.41) is 3.37. The minimum atomic E-state index is -0.955. The molecule has 9 heteroatoms. The van der Waals surface area contributed by atoms with Gasteiger partial charge in [0.2, 0.25) is 0 Å². The molecule has 28 heavy (non-hydrogen) atoms. The van der Waals surface area contributed by atoms with Crippen molar-refractivity contribution in [3.63, 3.8) is 0 Å². The van der Waals surface area contributed by atoms with Gasteiger partial charge in [-0.3, -0.25) is 15.0 Å². The Morgan fingerprint density at radius 1 is 1.32 bits per heavy atom. The van der Waals surface area contributed by atoms with Crippen molar-refractivity contribution in [2.75, 3.05) is 12.3 Å². The van der Waals surface area contributed by atoms with Gasteiger partial charge in [-0.2, -0.15) is 5.01 Å². The summed E-state index contributed by atoms with van der Waals surface area (Å²) in [5.41, 5.74) is 8.24. The quantitative estimate of drug-likeness (QED) is 0.404. The maximum atomic E-state index is 12.7. The molecule has 3 rings (SSSR count). The zero-order valence-electron chi connectivity index (χ0n) is 15.9. The first-order chi connectivity index (χ1) is 13.2. The molecule has 0 atom stereocenters. The largest absolute Gasteiger partial charge is 0.452 e. The first kappa shape index (κ1) is 19.7. The van der Waals surface area contributed by atoms with Crippen LogP contribution in [-0.4, -0.2) is 41.0 Å². The third-order valence-electron chi connectivity index (χ3n) is 5.40. The number of hydrogen-bond acceptors (Lipinski definition) is 6. The van der Waals surface area contributed by atoms with Crippen LogP contribution in [0.4, 0.5) is 10.5 Å². The Kier molecular flexibility index (Phi) is 5.26. The smallest absolute Gasteiger partial charge is 0.344 e. The third kappa shape index (κ3) is 3.64. The lowest BCUT2D eigenvalue weighted by Crippen LogP contribution is -2.52. The number of hydrogen-bond donors (Lipinski definition) is 3. The summed E-state index contributed by atoms with van der Waals surface area (Å²) >= 11 is 0. The molecular weight excluding hydrogens is 364 g/mol. The number of para-hydroxylation sites is 1. The van der Waals surface area contributed by atoms with E-state index in [9.17, 15) is 19.2 Å². The third-order valence-corrected chi connectivity index (χ3v) is 5.40. The van der Waals surface area contributed by atoms with E-state index in [1.54, 1.807) is 19.1 Å².